The zero-order chi connectivity index (χ0) is 42.8. The molecule has 2 aromatic rings. The highest BCUT2D eigenvalue weighted by molar-refractivity contribution is 6.11. The molecular weight excluding hydrogens is 785 g/mol. The van der Waals surface area contributed by atoms with Crippen LogP contribution in [0.15, 0.2) is 40.1 Å². The molecule has 0 unspecified atom stereocenters. The maximum absolute atomic E-state index is 14.1. The van der Waals surface area contributed by atoms with Gasteiger partial charge in [-0.05, 0) is 86.7 Å². The van der Waals surface area contributed by atoms with Crippen LogP contribution < -0.4 is 24.8 Å². The molecule has 3 fully saturated rings. The molecule has 0 amide bonds. The summed E-state index contributed by atoms with van der Waals surface area (Å²) in [6.45, 7) is 4.40. The molecule has 8 rings (SSSR count). The Morgan fingerprint density at radius 3 is 2.70 bits per heavy atom. The summed E-state index contributed by atoms with van der Waals surface area (Å²) >= 11 is 0. The van der Waals surface area contributed by atoms with Crippen LogP contribution in [0.5, 0.6) is 17.2 Å². The fourth-order valence-electron chi connectivity index (χ4n) is 10.9. The van der Waals surface area contributed by atoms with Crippen molar-refractivity contribution in [2.45, 2.75) is 88.9 Å². The van der Waals surface area contributed by atoms with Crippen LogP contribution in [-0.2, 0) is 36.9 Å². The van der Waals surface area contributed by atoms with Gasteiger partial charge < -0.3 is 49.0 Å². The number of likely N-dealkylation sites (tertiary alicyclic amines) is 1. The number of nitrogens with zero attached hydrogens (tertiary/aromatic N) is 2. The number of rotatable bonds is 15. The topological polar surface area (TPSA) is 194 Å². The lowest BCUT2D eigenvalue weighted by Gasteiger charge is -2.51. The molecule has 2 saturated carbocycles. The second-order valence-electron chi connectivity index (χ2n) is 17.2. The van der Waals surface area contributed by atoms with Gasteiger partial charge in [0.25, 0.3) is 0 Å². The number of aliphatic hydroxyl groups is 4. The molecule has 6 aliphatic rings. The molecule has 4 N–H and O–H groups in total. The van der Waals surface area contributed by atoms with Gasteiger partial charge in [-0.3, -0.25) is 14.6 Å². The first-order valence-electron chi connectivity index (χ1n) is 21.9. The van der Waals surface area contributed by atoms with Crippen LogP contribution in [0, 0.1) is 17.8 Å². The standard InChI is InChI=1S/C47H58N2O12/c1-3-58-46(55)45-34(25-52)39(30-20-31(24-51)41(54)32(21-30)27-8-9-37-28(19-27)10-13-48-37)40-43(59-18-6-16-50)33-22-38(60-42(33)35(26-53)44(40)61-45)47(56)12-4-7-29-23-49(14-5-17-57-2)15-11-36(29)47/h8-10,19,25,29,31-32,36,38,50-51,53,56H,3-7,11-18,20-24,26H2,1-2H3/b39-30-/t29-,31+,32+,36-,38-,47+/m0/s1. The zero-order valence-corrected chi connectivity index (χ0v) is 35.2. The van der Waals surface area contributed by atoms with Crippen LogP contribution in [0.25, 0.3) is 11.6 Å². The maximum atomic E-state index is 14.1. The van der Waals surface area contributed by atoms with Gasteiger partial charge in [0.1, 0.15) is 34.7 Å². The molecule has 0 bridgehead atoms. The van der Waals surface area contributed by atoms with E-state index in [1.54, 1.807) is 14.0 Å². The number of allylic oxidation sites excluding steroid dienone is 3. The van der Waals surface area contributed by atoms with E-state index in [0.717, 1.165) is 61.5 Å². The zero-order valence-electron chi connectivity index (χ0n) is 35.2. The lowest BCUT2D eigenvalue weighted by molar-refractivity contribution is -0.151. The van der Waals surface area contributed by atoms with Gasteiger partial charge >= 0.3 is 5.97 Å². The summed E-state index contributed by atoms with van der Waals surface area (Å²) in [7, 11) is 1.71. The predicted molar refractivity (Wildman–Crippen MR) is 222 cm³/mol. The Bertz CT molecular complexity index is 2230. The van der Waals surface area contributed by atoms with E-state index in [0.29, 0.717) is 48.1 Å². The monoisotopic (exact) mass is 842 g/mol. The summed E-state index contributed by atoms with van der Waals surface area (Å²) in [6, 6.07) is 5.69. The lowest BCUT2D eigenvalue weighted by atomic mass is 9.63. The highest BCUT2D eigenvalue weighted by Gasteiger charge is 2.55. The van der Waals surface area contributed by atoms with Crippen molar-refractivity contribution in [1.29, 1.82) is 0 Å². The third kappa shape index (κ3) is 7.95. The molecule has 61 heavy (non-hydrogen) atoms. The molecule has 2 aliphatic carbocycles. The van der Waals surface area contributed by atoms with E-state index >= 15 is 0 Å². The summed E-state index contributed by atoms with van der Waals surface area (Å²) in [5.41, 5.74) is 1.44. The Kier molecular flexibility index (Phi) is 13.1. The van der Waals surface area contributed by atoms with Gasteiger partial charge in [-0.2, -0.15) is 0 Å². The van der Waals surface area contributed by atoms with E-state index < -0.39 is 42.7 Å². The third-order valence-corrected chi connectivity index (χ3v) is 13.7. The Labute approximate surface area is 355 Å². The second-order valence-corrected chi connectivity index (χ2v) is 17.2. The lowest BCUT2D eigenvalue weighted by Crippen LogP contribution is -2.59. The molecule has 328 valence electrons. The number of hydrogen-bond donors (Lipinski definition) is 4. The summed E-state index contributed by atoms with van der Waals surface area (Å²) in [5, 5.41) is 46.4. The number of esters is 1. The second kappa shape index (κ2) is 18.5. The van der Waals surface area contributed by atoms with E-state index in [9.17, 15) is 34.8 Å². The van der Waals surface area contributed by atoms with Crippen molar-refractivity contribution in [3.63, 3.8) is 0 Å². The van der Waals surface area contributed by atoms with Crippen LogP contribution in [0.4, 0.5) is 0 Å². The van der Waals surface area contributed by atoms with Gasteiger partial charge in [-0.25, -0.2) is 4.79 Å². The molecule has 0 spiro atoms. The Hall–Kier alpha value is -4.44. The number of ketones is 1. The van der Waals surface area contributed by atoms with Gasteiger partial charge in [-0.1, -0.05) is 24.1 Å². The van der Waals surface area contributed by atoms with Gasteiger partial charge in [0, 0.05) is 69.2 Å². The number of Topliss-reactive ketones (excluding diaryl/α,β-unsaturated/α-hetero) is 1. The number of carbonyl (C=O) groups is 3. The van der Waals surface area contributed by atoms with Crippen molar-refractivity contribution < 1.29 is 58.5 Å². The molecule has 4 heterocycles. The normalized spacial score (nSPS) is 28.1. The van der Waals surface area contributed by atoms with Crippen molar-refractivity contribution in [3.05, 3.63) is 67.9 Å². The Morgan fingerprint density at radius 1 is 1.10 bits per heavy atom. The van der Waals surface area contributed by atoms with Gasteiger partial charge in [-0.15, -0.1) is 0 Å². The summed E-state index contributed by atoms with van der Waals surface area (Å²) < 4.78 is 30.5. The van der Waals surface area contributed by atoms with Gasteiger partial charge in [0.15, 0.2) is 6.29 Å². The molecule has 1 saturated heterocycles. The predicted octanol–water partition coefficient (Wildman–Crippen LogP) is 2.46. The number of fused-ring (bicyclic) bond motifs is 4. The van der Waals surface area contributed by atoms with Crippen molar-refractivity contribution in [2.75, 3.05) is 66.3 Å². The molecule has 14 heteroatoms. The number of hydrogen-bond acceptors (Lipinski definition) is 14. The van der Waals surface area contributed by atoms with Crippen molar-refractivity contribution >= 4 is 29.7 Å². The first-order chi connectivity index (χ1) is 29.7. The van der Waals surface area contributed by atoms with Crippen molar-refractivity contribution in [3.8, 4) is 17.2 Å². The van der Waals surface area contributed by atoms with Crippen molar-refractivity contribution in [1.82, 2.24) is 4.90 Å². The largest absolute Gasteiger partial charge is 0.492 e. The fourth-order valence-corrected chi connectivity index (χ4v) is 10.9. The summed E-state index contributed by atoms with van der Waals surface area (Å²) in [5.74, 6) is -2.10. The number of methoxy groups -OCH3 is 1. The average molecular weight is 843 g/mol. The molecule has 14 nitrogen and oxygen atoms in total. The number of aldehydes is 1. The van der Waals surface area contributed by atoms with E-state index in [2.05, 4.69) is 9.89 Å². The fraction of sp³-hybridized carbons (Fsp3) is 0.574. The smallest absolute Gasteiger partial charge is 0.375 e. The van der Waals surface area contributed by atoms with Crippen LogP contribution in [-0.4, -0.2) is 121 Å². The minimum atomic E-state index is -1.20. The van der Waals surface area contributed by atoms with Crippen molar-refractivity contribution in [2.24, 2.45) is 22.7 Å². The molecule has 2 aromatic carbocycles. The van der Waals surface area contributed by atoms with E-state index in [1.807, 2.05) is 24.3 Å². The van der Waals surface area contributed by atoms with Gasteiger partial charge in [0.05, 0.1) is 55.0 Å². The van der Waals surface area contributed by atoms with Crippen LogP contribution in [0.2, 0.25) is 0 Å². The highest BCUT2D eigenvalue weighted by Crippen LogP contribution is 2.58. The van der Waals surface area contributed by atoms with E-state index in [-0.39, 0.29) is 97.3 Å². The molecule has 6 atom stereocenters. The number of aliphatic hydroxyl groups excluding tert-OH is 3. The molecule has 4 aliphatic heterocycles. The third-order valence-electron chi connectivity index (χ3n) is 13.7. The molecule has 0 radical (unpaired) electrons. The SMILES string of the molecule is CCOC(=O)C1=C(C=O)/C(=C2\C[C@H](CO)C(=O)[C@@H](c3ccc4c(c3)=CCN=4)C2)c2c(OCCCO)c3c(c(CO)c2O1)O[C@H]([C@@]1(O)CCC[C@H]2CN(CCCOC)CC[C@@H]21)C3. The first-order valence-corrected chi connectivity index (χ1v) is 21.9. The molecular formula is C47H58N2O12. The summed E-state index contributed by atoms with van der Waals surface area (Å²) in [4.78, 5) is 48.2. The van der Waals surface area contributed by atoms with E-state index in [1.165, 1.54) is 0 Å². The number of ether oxygens (including phenoxy) is 5. The quantitative estimate of drug-likeness (QED) is 0.116. The van der Waals surface area contributed by atoms with E-state index in [4.69, 9.17) is 23.7 Å². The first kappa shape index (κ1) is 43.2. The summed E-state index contributed by atoms with van der Waals surface area (Å²) in [6.07, 6.45) is 6.64. The highest BCUT2D eigenvalue weighted by atomic mass is 16.6. The Balaban J connectivity index is 1.27. The number of benzene rings is 2. The van der Waals surface area contributed by atoms with Crippen LogP contribution in [0.1, 0.15) is 86.5 Å². The van der Waals surface area contributed by atoms with Crippen LogP contribution >= 0.6 is 0 Å². The number of carbonyl (C=O) groups excluding carboxylic acids is 3. The maximum Gasteiger partial charge on any atom is 0.375 e. The van der Waals surface area contributed by atoms with Crippen LogP contribution in [0.3, 0.4) is 0 Å². The minimum absolute atomic E-state index is 0.00952. The molecule has 0 aromatic heterocycles. The Morgan fingerprint density at radius 2 is 1.95 bits per heavy atom. The minimum Gasteiger partial charge on any atom is -0.492 e. The number of piperidine rings is 1. The van der Waals surface area contributed by atoms with Gasteiger partial charge in [0.2, 0.25) is 5.76 Å². The average Bonchev–Trinajstić information content (AvgIpc) is 3.94.